The van der Waals surface area contributed by atoms with Crippen LogP contribution in [0.15, 0.2) is 24.3 Å². The van der Waals surface area contributed by atoms with Gasteiger partial charge in [-0.2, -0.15) is 0 Å². The average molecular weight is 375 g/mol. The van der Waals surface area contributed by atoms with Gasteiger partial charge in [-0.3, -0.25) is 0 Å². The highest BCUT2D eigenvalue weighted by Gasteiger charge is 2.39. The van der Waals surface area contributed by atoms with Crippen LogP contribution in [0.3, 0.4) is 0 Å². The van der Waals surface area contributed by atoms with Crippen LogP contribution in [0.2, 0.25) is 0 Å². The molecule has 1 aromatic rings. The van der Waals surface area contributed by atoms with Crippen molar-refractivity contribution in [2.24, 2.45) is 28.7 Å². The largest absolute Gasteiger partial charge is 0.399 e. The Morgan fingerprint density at radius 3 is 1.44 bits per heavy atom. The normalized spacial score (nSPS) is 28.8. The van der Waals surface area contributed by atoms with Crippen LogP contribution >= 0.6 is 0 Å². The van der Waals surface area contributed by atoms with Crippen molar-refractivity contribution < 1.29 is 0 Å². The summed E-state index contributed by atoms with van der Waals surface area (Å²) in [6.07, 6.45) is 10.3. The molecule has 0 atom stereocenters. The van der Waals surface area contributed by atoms with Crippen molar-refractivity contribution in [2.75, 3.05) is 24.7 Å². The zero-order valence-electron chi connectivity index (χ0n) is 18.0. The number of hydrogen-bond donors (Lipinski definition) is 3. The summed E-state index contributed by atoms with van der Waals surface area (Å²) in [6, 6.07) is 8.73. The van der Waals surface area contributed by atoms with Crippen LogP contribution in [0, 0.1) is 17.3 Å². The quantitative estimate of drug-likeness (QED) is 0.686. The van der Waals surface area contributed by atoms with Crippen LogP contribution in [-0.4, -0.2) is 26.2 Å². The Hall–Kier alpha value is -1.26. The van der Waals surface area contributed by atoms with E-state index in [9.17, 15) is 0 Å². The van der Waals surface area contributed by atoms with E-state index in [4.69, 9.17) is 17.2 Å². The molecule has 1 aromatic carbocycles. The van der Waals surface area contributed by atoms with Crippen molar-refractivity contribution >= 4 is 11.4 Å². The zero-order chi connectivity index (χ0) is 20.0. The second-order valence-corrected chi connectivity index (χ2v) is 9.53. The predicted octanol–water partition coefficient (Wildman–Crippen LogP) is 4.38. The Morgan fingerprint density at radius 2 is 1.11 bits per heavy atom. The van der Waals surface area contributed by atoms with Crippen molar-refractivity contribution in [2.45, 2.75) is 77.3 Å². The molecule has 4 heteroatoms. The Balaban J connectivity index is 0.000000223. The monoisotopic (exact) mass is 374 g/mol. The van der Waals surface area contributed by atoms with E-state index in [1.165, 1.54) is 57.1 Å². The van der Waals surface area contributed by atoms with Crippen molar-refractivity contribution in [1.29, 1.82) is 0 Å². The summed E-state index contributed by atoms with van der Waals surface area (Å²) in [5, 5.41) is 0. The molecule has 0 amide bonds. The van der Waals surface area contributed by atoms with E-state index in [2.05, 4.69) is 13.8 Å². The minimum Gasteiger partial charge on any atom is -0.399 e. The molecule has 27 heavy (non-hydrogen) atoms. The molecule has 0 bridgehead atoms. The molecule has 2 aliphatic rings. The first-order valence-corrected chi connectivity index (χ1v) is 10.7. The van der Waals surface area contributed by atoms with Gasteiger partial charge in [0.25, 0.3) is 0 Å². The molecule has 0 unspecified atom stereocenters. The van der Waals surface area contributed by atoms with E-state index in [1.807, 2.05) is 43.3 Å². The van der Waals surface area contributed by atoms with Gasteiger partial charge in [0.2, 0.25) is 0 Å². The van der Waals surface area contributed by atoms with Crippen LogP contribution in [0.25, 0.3) is 0 Å². The summed E-state index contributed by atoms with van der Waals surface area (Å²) in [7, 11) is 4.01. The van der Waals surface area contributed by atoms with Crippen molar-refractivity contribution in [1.82, 2.24) is 0 Å². The molecule has 4 nitrogen and oxygen atoms in total. The number of anilines is 2. The molecule has 6 N–H and O–H groups in total. The maximum atomic E-state index is 6.02. The Morgan fingerprint density at radius 1 is 0.741 bits per heavy atom. The lowest BCUT2D eigenvalue weighted by atomic mass is 9.60. The van der Waals surface area contributed by atoms with E-state index >= 15 is 0 Å². The summed E-state index contributed by atoms with van der Waals surface area (Å²) in [5.74, 6) is 1.78. The van der Waals surface area contributed by atoms with Crippen LogP contribution < -0.4 is 22.1 Å². The van der Waals surface area contributed by atoms with Gasteiger partial charge in [0, 0.05) is 37.6 Å². The standard InChI is InChI=1S/C15H30N2.C8H12N2/c1-15(2,11-3-7-13(16)8-4-11)12-5-9-14(17)10-6-12;1-10(2)8-5-3-7(9)4-6-8/h11-14H,3-10,16-17H2,1-2H3;3-6H,9H2,1-2H3. The van der Waals surface area contributed by atoms with E-state index in [0.717, 1.165) is 17.5 Å². The summed E-state index contributed by atoms with van der Waals surface area (Å²) < 4.78 is 0. The summed E-state index contributed by atoms with van der Waals surface area (Å²) >= 11 is 0. The van der Waals surface area contributed by atoms with E-state index in [-0.39, 0.29) is 0 Å². The number of benzene rings is 1. The van der Waals surface area contributed by atoms with Crippen molar-refractivity contribution in [3.8, 4) is 0 Å². The van der Waals surface area contributed by atoms with Crippen LogP contribution in [0.4, 0.5) is 11.4 Å². The highest BCUT2D eigenvalue weighted by atomic mass is 15.1. The first-order chi connectivity index (χ1) is 12.7. The molecule has 2 saturated carbocycles. The second-order valence-electron chi connectivity index (χ2n) is 9.53. The van der Waals surface area contributed by atoms with E-state index in [0.29, 0.717) is 17.5 Å². The van der Waals surface area contributed by atoms with Crippen LogP contribution in [0.1, 0.15) is 65.2 Å². The molecule has 2 fully saturated rings. The van der Waals surface area contributed by atoms with Gasteiger partial charge in [-0.25, -0.2) is 0 Å². The minimum atomic E-state index is 0.474. The van der Waals surface area contributed by atoms with Gasteiger partial charge < -0.3 is 22.1 Å². The minimum absolute atomic E-state index is 0.474. The first kappa shape index (κ1) is 22.0. The summed E-state index contributed by atoms with van der Waals surface area (Å²) in [5.41, 5.74) is 20.0. The van der Waals surface area contributed by atoms with Gasteiger partial charge in [0.15, 0.2) is 0 Å². The molecular weight excluding hydrogens is 332 g/mol. The third-order valence-corrected chi connectivity index (χ3v) is 7.06. The van der Waals surface area contributed by atoms with Gasteiger partial charge >= 0.3 is 0 Å². The molecule has 0 saturated heterocycles. The molecule has 0 spiro atoms. The van der Waals surface area contributed by atoms with Gasteiger partial charge in [-0.1, -0.05) is 13.8 Å². The average Bonchev–Trinajstić information content (AvgIpc) is 2.63. The maximum Gasteiger partial charge on any atom is 0.0362 e. The van der Waals surface area contributed by atoms with Crippen LogP contribution in [-0.2, 0) is 0 Å². The second kappa shape index (κ2) is 9.79. The van der Waals surface area contributed by atoms with Gasteiger partial charge in [0.05, 0.1) is 0 Å². The molecular formula is C23H42N4. The molecule has 3 rings (SSSR count). The van der Waals surface area contributed by atoms with E-state index in [1.54, 1.807) is 0 Å². The molecule has 0 aliphatic heterocycles. The number of nitrogens with two attached hydrogens (primary N) is 3. The molecule has 0 aromatic heterocycles. The third-order valence-electron chi connectivity index (χ3n) is 7.06. The Kier molecular flexibility index (Phi) is 7.99. The van der Waals surface area contributed by atoms with E-state index < -0.39 is 0 Å². The van der Waals surface area contributed by atoms with Crippen molar-refractivity contribution in [3.63, 3.8) is 0 Å². The van der Waals surface area contributed by atoms with Crippen molar-refractivity contribution in [3.05, 3.63) is 24.3 Å². The molecule has 0 radical (unpaired) electrons. The maximum absolute atomic E-state index is 6.02. The Labute approximate surface area is 166 Å². The number of rotatable bonds is 3. The van der Waals surface area contributed by atoms with Crippen LogP contribution in [0.5, 0.6) is 0 Å². The smallest absolute Gasteiger partial charge is 0.0362 e. The first-order valence-electron chi connectivity index (χ1n) is 10.7. The fourth-order valence-corrected chi connectivity index (χ4v) is 4.83. The molecule has 2 aliphatic carbocycles. The number of hydrogen-bond acceptors (Lipinski definition) is 4. The van der Waals surface area contributed by atoms with Gasteiger partial charge in [-0.05, 0) is 92.9 Å². The fraction of sp³-hybridized carbons (Fsp3) is 0.739. The Bertz CT molecular complexity index is 512. The number of nitrogens with zero attached hydrogens (tertiary/aromatic N) is 1. The lowest BCUT2D eigenvalue weighted by Crippen LogP contribution is -2.40. The lowest BCUT2D eigenvalue weighted by Gasteiger charge is -2.46. The zero-order valence-corrected chi connectivity index (χ0v) is 18.0. The summed E-state index contributed by atoms with van der Waals surface area (Å²) in [6.45, 7) is 4.99. The summed E-state index contributed by atoms with van der Waals surface area (Å²) in [4.78, 5) is 2.04. The highest BCUT2D eigenvalue weighted by Crippen LogP contribution is 2.47. The number of nitrogen functional groups attached to an aromatic ring is 1. The molecule has 0 heterocycles. The third kappa shape index (κ3) is 6.39. The highest BCUT2D eigenvalue weighted by molar-refractivity contribution is 5.51. The fourth-order valence-electron chi connectivity index (χ4n) is 4.83. The lowest BCUT2D eigenvalue weighted by molar-refractivity contribution is 0.0523. The topological polar surface area (TPSA) is 81.3 Å². The SMILES string of the molecule is CC(C)(C1CCC(N)CC1)C1CCC(N)CC1.CN(C)c1ccc(N)cc1. The van der Waals surface area contributed by atoms with Gasteiger partial charge in [-0.15, -0.1) is 0 Å². The van der Waals surface area contributed by atoms with Gasteiger partial charge in [0.1, 0.15) is 0 Å². The molecule has 154 valence electrons. The predicted molar refractivity (Wildman–Crippen MR) is 119 cm³/mol.